The molecule has 0 saturated heterocycles. The molecule has 0 fully saturated rings. The third-order valence-corrected chi connectivity index (χ3v) is 3.85. The van der Waals surface area contributed by atoms with E-state index in [9.17, 15) is 14.4 Å². The number of nitrogens with zero attached hydrogens (tertiary/aromatic N) is 2. The molecule has 0 aliphatic rings. The number of thioether (sulfide) groups is 1. The predicted octanol–water partition coefficient (Wildman–Crippen LogP) is -0.793. The third kappa shape index (κ3) is 7.02. The van der Waals surface area contributed by atoms with Gasteiger partial charge in [-0.1, -0.05) is 23.1 Å². The highest BCUT2D eigenvalue weighted by Crippen LogP contribution is 2.25. The maximum Gasteiger partial charge on any atom is 0.316 e. The second-order valence-corrected chi connectivity index (χ2v) is 5.70. The van der Waals surface area contributed by atoms with Crippen molar-refractivity contribution in [2.75, 3.05) is 30.8 Å². The topological polar surface area (TPSA) is 136 Å². The van der Waals surface area contributed by atoms with E-state index in [1.54, 1.807) is 6.92 Å². The van der Waals surface area contributed by atoms with Crippen molar-refractivity contribution >= 4 is 46.0 Å². The van der Waals surface area contributed by atoms with Gasteiger partial charge in [0.15, 0.2) is 4.34 Å². The molecule has 1 aromatic heterocycles. The average molecular weight is 333 g/mol. The van der Waals surface area contributed by atoms with Crippen LogP contribution in [0.3, 0.4) is 0 Å². The van der Waals surface area contributed by atoms with Crippen molar-refractivity contribution < 1.29 is 19.1 Å². The minimum Gasteiger partial charge on any atom is -0.465 e. The van der Waals surface area contributed by atoms with Crippen LogP contribution in [-0.4, -0.2) is 53.4 Å². The number of esters is 1. The summed E-state index contributed by atoms with van der Waals surface area (Å²) in [5, 5.41) is 12.7. The zero-order valence-corrected chi connectivity index (χ0v) is 12.9. The molecule has 9 nitrogen and oxygen atoms in total. The molecule has 4 N–H and O–H groups in total. The summed E-state index contributed by atoms with van der Waals surface area (Å²) in [4.78, 5) is 33.5. The molecule has 0 aromatic carbocycles. The quantitative estimate of drug-likeness (QED) is 0.320. The number of hydrogen-bond acceptors (Lipinski definition) is 9. The molecule has 0 spiro atoms. The Labute approximate surface area is 129 Å². The summed E-state index contributed by atoms with van der Waals surface area (Å²) in [6, 6.07) is 0. The maximum atomic E-state index is 11.5. The van der Waals surface area contributed by atoms with E-state index in [1.807, 2.05) is 0 Å². The van der Waals surface area contributed by atoms with E-state index < -0.39 is 11.8 Å². The van der Waals surface area contributed by atoms with Gasteiger partial charge in [0, 0.05) is 0 Å². The lowest BCUT2D eigenvalue weighted by Gasteiger charge is -2.02. The van der Waals surface area contributed by atoms with Crippen LogP contribution in [0.4, 0.5) is 5.13 Å². The van der Waals surface area contributed by atoms with Crippen LogP contribution in [0.15, 0.2) is 4.34 Å². The van der Waals surface area contributed by atoms with Gasteiger partial charge < -0.3 is 15.8 Å². The molecule has 0 unspecified atom stereocenters. The number of ether oxygens (including phenoxy) is 1. The number of rotatable bonds is 8. The van der Waals surface area contributed by atoms with Crippen LogP contribution in [0, 0.1) is 0 Å². The van der Waals surface area contributed by atoms with Crippen molar-refractivity contribution in [1.82, 2.24) is 15.5 Å². The fraction of sp³-hybridized carbons (Fsp3) is 0.500. The summed E-state index contributed by atoms with van der Waals surface area (Å²) in [6.45, 7) is 1.68. The first-order valence-electron chi connectivity index (χ1n) is 5.93. The van der Waals surface area contributed by atoms with Crippen LogP contribution in [0.2, 0.25) is 0 Å². The fourth-order valence-electron chi connectivity index (χ4n) is 1.06. The van der Waals surface area contributed by atoms with Crippen molar-refractivity contribution in [2.24, 2.45) is 5.73 Å². The van der Waals surface area contributed by atoms with Crippen LogP contribution < -0.4 is 16.4 Å². The van der Waals surface area contributed by atoms with Crippen molar-refractivity contribution in [3.05, 3.63) is 0 Å². The lowest BCUT2D eigenvalue weighted by molar-refractivity contribution is -0.139. The van der Waals surface area contributed by atoms with Crippen molar-refractivity contribution in [2.45, 2.75) is 11.3 Å². The second-order valence-electron chi connectivity index (χ2n) is 3.50. The number of nitrogens with one attached hydrogen (secondary N) is 2. The molecule has 0 atom stereocenters. The van der Waals surface area contributed by atoms with E-state index in [1.165, 1.54) is 11.8 Å². The summed E-state index contributed by atoms with van der Waals surface area (Å²) in [6.07, 6.45) is 0. The molecule has 0 bridgehead atoms. The predicted molar refractivity (Wildman–Crippen MR) is 78.0 cm³/mol. The molecule has 116 valence electrons. The van der Waals surface area contributed by atoms with E-state index in [-0.39, 0.29) is 29.9 Å². The number of carbonyl (C=O) groups is 3. The van der Waals surface area contributed by atoms with E-state index in [0.29, 0.717) is 10.9 Å². The lowest BCUT2D eigenvalue weighted by atomic mass is 10.5. The van der Waals surface area contributed by atoms with Gasteiger partial charge in [0.05, 0.1) is 25.4 Å². The molecule has 0 aliphatic heterocycles. The monoisotopic (exact) mass is 333 g/mol. The highest BCUT2D eigenvalue weighted by Gasteiger charge is 2.11. The van der Waals surface area contributed by atoms with Crippen LogP contribution in [-0.2, 0) is 19.1 Å². The zero-order valence-electron chi connectivity index (χ0n) is 11.2. The summed E-state index contributed by atoms with van der Waals surface area (Å²) in [7, 11) is 0. The Morgan fingerprint density at radius 1 is 1.33 bits per heavy atom. The van der Waals surface area contributed by atoms with E-state index in [0.717, 1.165) is 11.3 Å². The van der Waals surface area contributed by atoms with E-state index >= 15 is 0 Å². The van der Waals surface area contributed by atoms with Gasteiger partial charge in [0.1, 0.15) is 0 Å². The standard InChI is InChI=1S/C10H15N5O4S2/c1-2-19-8(18)5-20-10-15-14-9(21-10)13-7(17)4-12-6(16)3-11/h2-5,11H2,1H3,(H,12,16)(H,13,14,17). The number of nitrogens with two attached hydrogens (primary N) is 1. The SMILES string of the molecule is CCOC(=O)CSc1nnc(NC(=O)CNC(=O)CN)s1. The van der Waals surface area contributed by atoms with Gasteiger partial charge in [-0.3, -0.25) is 19.7 Å². The number of hydrogen-bond donors (Lipinski definition) is 3. The van der Waals surface area contributed by atoms with Crippen LogP contribution in [0.1, 0.15) is 6.92 Å². The number of carbonyl (C=O) groups excluding carboxylic acids is 3. The largest absolute Gasteiger partial charge is 0.465 e. The summed E-state index contributed by atoms with van der Waals surface area (Å²) in [5.41, 5.74) is 5.09. The van der Waals surface area contributed by atoms with Gasteiger partial charge in [0.25, 0.3) is 0 Å². The van der Waals surface area contributed by atoms with Crippen molar-refractivity contribution in [3.63, 3.8) is 0 Å². The van der Waals surface area contributed by atoms with E-state index in [4.69, 9.17) is 10.5 Å². The minimum atomic E-state index is -0.435. The lowest BCUT2D eigenvalue weighted by Crippen LogP contribution is -2.36. The first-order chi connectivity index (χ1) is 10.0. The Hall–Kier alpha value is -1.72. The van der Waals surface area contributed by atoms with Crippen LogP contribution in [0.25, 0.3) is 0 Å². The smallest absolute Gasteiger partial charge is 0.316 e. The first-order valence-corrected chi connectivity index (χ1v) is 7.74. The zero-order chi connectivity index (χ0) is 15.7. The Balaban J connectivity index is 2.35. The Kier molecular flexibility index (Phi) is 7.64. The Morgan fingerprint density at radius 3 is 2.76 bits per heavy atom. The summed E-state index contributed by atoms with van der Waals surface area (Å²) < 4.78 is 5.31. The molecule has 21 heavy (non-hydrogen) atoms. The molecule has 0 aliphatic carbocycles. The van der Waals surface area contributed by atoms with Gasteiger partial charge >= 0.3 is 5.97 Å². The van der Waals surface area contributed by atoms with Gasteiger partial charge in [0.2, 0.25) is 16.9 Å². The molecule has 1 aromatic rings. The second kappa shape index (κ2) is 9.26. The fourth-order valence-corrected chi connectivity index (χ4v) is 2.62. The molecule has 2 amide bonds. The van der Waals surface area contributed by atoms with Gasteiger partial charge in [-0.05, 0) is 6.92 Å². The summed E-state index contributed by atoms with van der Waals surface area (Å²) >= 11 is 2.30. The minimum absolute atomic E-state index is 0.128. The van der Waals surface area contributed by atoms with Crippen LogP contribution in [0.5, 0.6) is 0 Å². The van der Waals surface area contributed by atoms with Crippen molar-refractivity contribution in [1.29, 1.82) is 0 Å². The molecular weight excluding hydrogens is 318 g/mol. The number of anilines is 1. The molecule has 1 rings (SSSR count). The number of aromatic nitrogens is 2. The molecule has 1 heterocycles. The summed E-state index contributed by atoms with van der Waals surface area (Å²) in [5.74, 6) is -1.07. The third-order valence-electron chi connectivity index (χ3n) is 1.90. The molecule has 11 heteroatoms. The van der Waals surface area contributed by atoms with Crippen molar-refractivity contribution in [3.8, 4) is 0 Å². The van der Waals surface area contributed by atoms with Gasteiger partial charge in [-0.25, -0.2) is 0 Å². The maximum absolute atomic E-state index is 11.5. The highest BCUT2D eigenvalue weighted by atomic mass is 32.2. The van der Waals surface area contributed by atoms with Crippen LogP contribution >= 0.6 is 23.1 Å². The average Bonchev–Trinajstić information content (AvgIpc) is 2.90. The van der Waals surface area contributed by atoms with Gasteiger partial charge in [-0.15, -0.1) is 10.2 Å². The first kappa shape index (κ1) is 17.3. The van der Waals surface area contributed by atoms with E-state index in [2.05, 4.69) is 20.8 Å². The molecular formula is C10H15N5O4S2. The molecule has 0 radical (unpaired) electrons. The Morgan fingerprint density at radius 2 is 2.10 bits per heavy atom. The molecule has 0 saturated carbocycles. The number of amides is 2. The van der Waals surface area contributed by atoms with Gasteiger partial charge in [-0.2, -0.15) is 0 Å². The normalized spacial score (nSPS) is 10.0. The Bertz CT molecular complexity index is 507. The highest BCUT2D eigenvalue weighted by molar-refractivity contribution is 8.01.